The van der Waals surface area contributed by atoms with Crippen LogP contribution in [0.5, 0.6) is 0 Å². The van der Waals surface area contributed by atoms with Crippen molar-refractivity contribution in [3.05, 3.63) is 30.4 Å². The lowest BCUT2D eigenvalue weighted by Crippen LogP contribution is -2.14. The average molecular weight is 209 g/mol. The Balaban J connectivity index is 2.37. The zero-order valence-electron chi connectivity index (χ0n) is 9.44. The summed E-state index contributed by atoms with van der Waals surface area (Å²) in [5, 5.41) is 0. The van der Waals surface area contributed by atoms with Crippen LogP contribution in [0.3, 0.4) is 0 Å². The third-order valence-corrected chi connectivity index (χ3v) is 2.04. The molecule has 0 aliphatic heterocycles. The predicted octanol–water partition coefficient (Wildman–Crippen LogP) is 1.50. The molecular formula is C11H19N3O. The maximum atomic E-state index is 5.80. The normalized spacial score (nSPS) is 12.7. The SMILES string of the molecule is C=C(C)COCCn1cncc1[C@@H](C)N. The first kappa shape index (κ1) is 11.9. The summed E-state index contributed by atoms with van der Waals surface area (Å²) in [5.74, 6) is 0. The number of aromatic nitrogens is 2. The maximum absolute atomic E-state index is 5.80. The fourth-order valence-electron chi connectivity index (χ4n) is 1.31. The second kappa shape index (κ2) is 5.68. The van der Waals surface area contributed by atoms with Crippen molar-refractivity contribution in [2.24, 2.45) is 5.73 Å². The van der Waals surface area contributed by atoms with E-state index in [9.17, 15) is 0 Å². The molecule has 4 nitrogen and oxygen atoms in total. The van der Waals surface area contributed by atoms with Crippen LogP contribution in [0.2, 0.25) is 0 Å². The lowest BCUT2D eigenvalue weighted by Gasteiger charge is -2.10. The van der Waals surface area contributed by atoms with E-state index in [4.69, 9.17) is 10.5 Å². The summed E-state index contributed by atoms with van der Waals surface area (Å²) in [4.78, 5) is 4.07. The van der Waals surface area contributed by atoms with E-state index in [0.29, 0.717) is 13.2 Å². The number of imidazole rings is 1. The second-order valence-electron chi connectivity index (χ2n) is 3.81. The molecule has 1 atom stereocenters. The van der Waals surface area contributed by atoms with Crippen molar-refractivity contribution < 1.29 is 4.74 Å². The molecule has 0 spiro atoms. The van der Waals surface area contributed by atoms with Crippen LogP contribution in [0.4, 0.5) is 0 Å². The Morgan fingerprint density at radius 2 is 2.47 bits per heavy atom. The lowest BCUT2D eigenvalue weighted by molar-refractivity contribution is 0.146. The molecule has 84 valence electrons. The molecule has 0 bridgehead atoms. The van der Waals surface area contributed by atoms with Gasteiger partial charge in [0.05, 0.1) is 25.2 Å². The maximum Gasteiger partial charge on any atom is 0.0949 e. The molecule has 0 aliphatic rings. The lowest BCUT2D eigenvalue weighted by atomic mass is 10.3. The van der Waals surface area contributed by atoms with Crippen LogP contribution in [0.15, 0.2) is 24.7 Å². The second-order valence-corrected chi connectivity index (χ2v) is 3.81. The summed E-state index contributed by atoms with van der Waals surface area (Å²) < 4.78 is 7.43. The molecule has 0 aliphatic carbocycles. The van der Waals surface area contributed by atoms with Crippen molar-refractivity contribution in [1.82, 2.24) is 9.55 Å². The number of nitrogens with two attached hydrogens (primary N) is 1. The molecule has 0 unspecified atom stereocenters. The third kappa shape index (κ3) is 3.85. The van der Waals surface area contributed by atoms with Gasteiger partial charge in [0, 0.05) is 18.8 Å². The van der Waals surface area contributed by atoms with Crippen molar-refractivity contribution in [3.8, 4) is 0 Å². The molecule has 0 saturated carbocycles. The summed E-state index contributed by atoms with van der Waals surface area (Å²) >= 11 is 0. The molecule has 0 aromatic carbocycles. The van der Waals surface area contributed by atoms with Crippen LogP contribution in [-0.4, -0.2) is 22.8 Å². The highest BCUT2D eigenvalue weighted by molar-refractivity contribution is 5.02. The smallest absolute Gasteiger partial charge is 0.0949 e. The van der Waals surface area contributed by atoms with E-state index in [1.807, 2.05) is 18.4 Å². The quantitative estimate of drug-likeness (QED) is 0.570. The first-order valence-electron chi connectivity index (χ1n) is 5.09. The average Bonchev–Trinajstić information content (AvgIpc) is 2.60. The van der Waals surface area contributed by atoms with Crippen LogP contribution in [0, 0.1) is 0 Å². The van der Waals surface area contributed by atoms with E-state index < -0.39 is 0 Å². The molecule has 1 rings (SSSR count). The fraction of sp³-hybridized carbons (Fsp3) is 0.545. The third-order valence-electron chi connectivity index (χ3n) is 2.04. The highest BCUT2D eigenvalue weighted by atomic mass is 16.5. The van der Waals surface area contributed by atoms with E-state index >= 15 is 0 Å². The fourth-order valence-corrected chi connectivity index (χ4v) is 1.31. The Bertz CT molecular complexity index is 317. The van der Waals surface area contributed by atoms with Gasteiger partial charge in [-0.15, -0.1) is 0 Å². The van der Waals surface area contributed by atoms with Gasteiger partial charge < -0.3 is 15.0 Å². The monoisotopic (exact) mass is 209 g/mol. The van der Waals surface area contributed by atoms with Gasteiger partial charge in [0.15, 0.2) is 0 Å². The highest BCUT2D eigenvalue weighted by Crippen LogP contribution is 2.08. The highest BCUT2D eigenvalue weighted by Gasteiger charge is 2.05. The Labute approximate surface area is 90.8 Å². The standard InChI is InChI=1S/C11H19N3O/c1-9(2)7-15-5-4-14-8-13-6-11(14)10(3)12/h6,8,10H,1,4-5,7,12H2,2-3H3/t10-/m1/s1. The van der Waals surface area contributed by atoms with Gasteiger partial charge in [-0.1, -0.05) is 12.2 Å². The predicted molar refractivity (Wildman–Crippen MR) is 60.5 cm³/mol. The van der Waals surface area contributed by atoms with Gasteiger partial charge in [-0.2, -0.15) is 0 Å². The zero-order chi connectivity index (χ0) is 11.3. The minimum atomic E-state index is 0.00800. The van der Waals surface area contributed by atoms with E-state index in [0.717, 1.165) is 17.8 Å². The number of nitrogens with zero attached hydrogens (tertiary/aromatic N) is 2. The van der Waals surface area contributed by atoms with Crippen LogP contribution in [0.25, 0.3) is 0 Å². The molecule has 1 aromatic rings. The molecule has 1 aromatic heterocycles. The van der Waals surface area contributed by atoms with Gasteiger partial charge in [-0.05, 0) is 13.8 Å². The molecular weight excluding hydrogens is 190 g/mol. The number of ether oxygens (including phenoxy) is 1. The van der Waals surface area contributed by atoms with Crippen molar-refractivity contribution in [3.63, 3.8) is 0 Å². The Hall–Kier alpha value is -1.13. The number of rotatable bonds is 6. The number of hydrogen-bond acceptors (Lipinski definition) is 3. The Morgan fingerprint density at radius 1 is 1.73 bits per heavy atom. The summed E-state index contributed by atoms with van der Waals surface area (Å²) in [6.45, 7) is 9.72. The van der Waals surface area contributed by atoms with E-state index in [-0.39, 0.29) is 6.04 Å². The van der Waals surface area contributed by atoms with Crippen LogP contribution in [-0.2, 0) is 11.3 Å². The summed E-state index contributed by atoms with van der Waals surface area (Å²) in [7, 11) is 0. The first-order valence-corrected chi connectivity index (χ1v) is 5.09. The minimum absolute atomic E-state index is 0.00800. The molecule has 4 heteroatoms. The number of hydrogen-bond donors (Lipinski definition) is 1. The van der Waals surface area contributed by atoms with Crippen molar-refractivity contribution in [2.75, 3.05) is 13.2 Å². The minimum Gasteiger partial charge on any atom is -0.375 e. The summed E-state index contributed by atoms with van der Waals surface area (Å²) in [6, 6.07) is 0.00800. The van der Waals surface area contributed by atoms with E-state index in [2.05, 4.69) is 11.6 Å². The van der Waals surface area contributed by atoms with Crippen molar-refractivity contribution in [1.29, 1.82) is 0 Å². The van der Waals surface area contributed by atoms with Crippen LogP contribution >= 0.6 is 0 Å². The van der Waals surface area contributed by atoms with E-state index in [1.165, 1.54) is 0 Å². The van der Waals surface area contributed by atoms with Gasteiger partial charge in [0.2, 0.25) is 0 Å². The summed E-state index contributed by atoms with van der Waals surface area (Å²) in [5.41, 5.74) is 7.87. The topological polar surface area (TPSA) is 53.1 Å². The molecule has 2 N–H and O–H groups in total. The van der Waals surface area contributed by atoms with E-state index in [1.54, 1.807) is 12.5 Å². The first-order chi connectivity index (χ1) is 7.11. The van der Waals surface area contributed by atoms with Crippen LogP contribution < -0.4 is 5.73 Å². The molecule has 0 radical (unpaired) electrons. The van der Waals surface area contributed by atoms with Gasteiger partial charge in [-0.3, -0.25) is 0 Å². The molecule has 0 amide bonds. The Kier molecular flexibility index (Phi) is 4.52. The van der Waals surface area contributed by atoms with Gasteiger partial charge in [0.1, 0.15) is 0 Å². The summed E-state index contributed by atoms with van der Waals surface area (Å²) in [6.07, 6.45) is 3.58. The molecule has 0 saturated heterocycles. The molecule has 0 fully saturated rings. The zero-order valence-corrected chi connectivity index (χ0v) is 9.44. The van der Waals surface area contributed by atoms with Gasteiger partial charge in [0.25, 0.3) is 0 Å². The Morgan fingerprint density at radius 3 is 3.07 bits per heavy atom. The van der Waals surface area contributed by atoms with Crippen molar-refractivity contribution in [2.45, 2.75) is 26.4 Å². The van der Waals surface area contributed by atoms with Crippen molar-refractivity contribution >= 4 is 0 Å². The molecule has 1 heterocycles. The van der Waals surface area contributed by atoms with Gasteiger partial charge in [-0.25, -0.2) is 4.98 Å². The van der Waals surface area contributed by atoms with Gasteiger partial charge >= 0.3 is 0 Å². The molecule has 15 heavy (non-hydrogen) atoms. The van der Waals surface area contributed by atoms with Crippen LogP contribution in [0.1, 0.15) is 25.6 Å². The largest absolute Gasteiger partial charge is 0.375 e.